The molecule has 0 aromatic heterocycles. The predicted octanol–water partition coefficient (Wildman–Crippen LogP) is 5.67. The normalized spacial score (nSPS) is 14.9. The average molecular weight is 450 g/mol. The van der Waals surface area contributed by atoms with Gasteiger partial charge in [-0.05, 0) is 67.3 Å². The molecule has 1 amide bonds. The van der Waals surface area contributed by atoms with Crippen molar-refractivity contribution in [1.82, 2.24) is 0 Å². The van der Waals surface area contributed by atoms with Gasteiger partial charge < -0.3 is 5.32 Å². The van der Waals surface area contributed by atoms with Crippen molar-refractivity contribution in [3.8, 4) is 0 Å². The first-order valence-corrected chi connectivity index (χ1v) is 12.4. The van der Waals surface area contributed by atoms with Gasteiger partial charge in [0.25, 0.3) is 5.91 Å². The van der Waals surface area contributed by atoms with E-state index in [0.29, 0.717) is 10.6 Å². The molecular weight excluding hydrogens is 426 g/mol. The summed E-state index contributed by atoms with van der Waals surface area (Å²) in [5.74, 6) is -0.299. The number of fused-ring (bicyclic) bond motifs is 1. The molecule has 4 nitrogen and oxygen atoms in total. The standard InChI is InChI=1S/C25H23NO3S2/c1-16-7-9-19(10-8-16)13-24-25(27)26-22-14-20(11-12-23(22)30-24)31(28,29)15-21-17(2)5-4-6-18(21)3/h4-14H,15H2,1-3H3,(H,26,27). The van der Waals surface area contributed by atoms with Crippen LogP contribution < -0.4 is 5.32 Å². The maximum atomic E-state index is 13.1. The molecule has 4 rings (SSSR count). The van der Waals surface area contributed by atoms with Crippen LogP contribution in [0.25, 0.3) is 6.08 Å². The second-order valence-electron chi connectivity index (χ2n) is 7.76. The second-order valence-corrected chi connectivity index (χ2v) is 10.8. The van der Waals surface area contributed by atoms with Gasteiger partial charge >= 0.3 is 0 Å². The largest absolute Gasteiger partial charge is 0.320 e. The summed E-state index contributed by atoms with van der Waals surface area (Å²) >= 11 is 1.35. The number of amides is 1. The Bertz CT molecular complexity index is 1290. The van der Waals surface area contributed by atoms with Gasteiger partial charge in [-0.3, -0.25) is 4.79 Å². The molecule has 0 saturated carbocycles. The van der Waals surface area contributed by atoms with Crippen LogP contribution in [0.4, 0.5) is 5.69 Å². The summed E-state index contributed by atoms with van der Waals surface area (Å²) in [6.07, 6.45) is 1.84. The number of anilines is 1. The molecule has 1 N–H and O–H groups in total. The number of hydrogen-bond donors (Lipinski definition) is 1. The average Bonchev–Trinajstić information content (AvgIpc) is 2.72. The Kier molecular flexibility index (Phi) is 5.77. The van der Waals surface area contributed by atoms with E-state index in [4.69, 9.17) is 0 Å². The molecule has 3 aromatic carbocycles. The Hall–Kier alpha value is -2.83. The molecule has 0 saturated heterocycles. The summed E-state index contributed by atoms with van der Waals surface area (Å²) in [6.45, 7) is 5.86. The molecule has 3 aromatic rings. The number of sulfone groups is 1. The van der Waals surface area contributed by atoms with Gasteiger partial charge in [0.15, 0.2) is 9.84 Å². The van der Waals surface area contributed by atoms with E-state index < -0.39 is 9.84 Å². The molecule has 1 aliphatic heterocycles. The van der Waals surface area contributed by atoms with Crippen LogP contribution in [-0.4, -0.2) is 14.3 Å². The Morgan fingerprint density at radius 3 is 2.29 bits per heavy atom. The van der Waals surface area contributed by atoms with Gasteiger partial charge in [-0.1, -0.05) is 59.8 Å². The lowest BCUT2D eigenvalue weighted by molar-refractivity contribution is -0.112. The van der Waals surface area contributed by atoms with Crippen LogP contribution in [-0.2, 0) is 20.4 Å². The molecule has 0 fully saturated rings. The predicted molar refractivity (Wildman–Crippen MR) is 127 cm³/mol. The molecular formula is C25H23NO3S2. The molecule has 0 spiro atoms. The molecule has 31 heavy (non-hydrogen) atoms. The summed E-state index contributed by atoms with van der Waals surface area (Å²) in [7, 11) is -3.55. The van der Waals surface area contributed by atoms with Crippen molar-refractivity contribution >= 4 is 39.3 Å². The summed E-state index contributed by atoms with van der Waals surface area (Å²) < 4.78 is 26.2. The van der Waals surface area contributed by atoms with Crippen LogP contribution in [0.1, 0.15) is 27.8 Å². The highest BCUT2D eigenvalue weighted by Gasteiger charge is 2.24. The molecule has 0 radical (unpaired) electrons. The lowest BCUT2D eigenvalue weighted by atomic mass is 10.1. The van der Waals surface area contributed by atoms with Crippen LogP contribution in [0.15, 0.2) is 75.4 Å². The van der Waals surface area contributed by atoms with Crippen LogP contribution in [0, 0.1) is 20.8 Å². The maximum Gasteiger partial charge on any atom is 0.262 e. The van der Waals surface area contributed by atoms with Gasteiger partial charge in [0, 0.05) is 4.90 Å². The SMILES string of the molecule is Cc1ccc(C=C2Sc3ccc(S(=O)(=O)Cc4c(C)cccc4C)cc3NC2=O)cc1. The molecule has 0 aliphatic carbocycles. The van der Waals surface area contributed by atoms with E-state index in [9.17, 15) is 13.2 Å². The molecule has 0 atom stereocenters. The smallest absolute Gasteiger partial charge is 0.262 e. The van der Waals surface area contributed by atoms with E-state index in [-0.39, 0.29) is 16.6 Å². The third kappa shape index (κ3) is 4.60. The van der Waals surface area contributed by atoms with Gasteiger partial charge in [0.05, 0.1) is 21.2 Å². The van der Waals surface area contributed by atoms with E-state index in [1.54, 1.807) is 18.2 Å². The first-order valence-electron chi connectivity index (χ1n) is 9.92. The fraction of sp³-hybridized carbons (Fsp3) is 0.160. The van der Waals surface area contributed by atoms with Crippen molar-refractivity contribution < 1.29 is 13.2 Å². The minimum absolute atomic E-state index is 0.0655. The second kappa shape index (κ2) is 8.36. The highest BCUT2D eigenvalue weighted by atomic mass is 32.2. The van der Waals surface area contributed by atoms with Gasteiger partial charge in [0.1, 0.15) is 0 Å². The minimum Gasteiger partial charge on any atom is -0.320 e. The maximum absolute atomic E-state index is 13.1. The third-order valence-corrected chi connectivity index (χ3v) is 8.10. The lowest BCUT2D eigenvalue weighted by Gasteiger charge is -2.20. The van der Waals surface area contributed by atoms with Gasteiger partial charge in [-0.2, -0.15) is 0 Å². The number of benzene rings is 3. The van der Waals surface area contributed by atoms with E-state index >= 15 is 0 Å². The minimum atomic E-state index is -3.55. The zero-order chi connectivity index (χ0) is 22.2. The van der Waals surface area contributed by atoms with Crippen LogP contribution >= 0.6 is 11.8 Å². The van der Waals surface area contributed by atoms with Crippen molar-refractivity contribution in [2.75, 3.05) is 5.32 Å². The van der Waals surface area contributed by atoms with Crippen molar-refractivity contribution in [3.63, 3.8) is 0 Å². The fourth-order valence-corrected chi connectivity index (χ4v) is 6.00. The van der Waals surface area contributed by atoms with E-state index in [0.717, 1.165) is 32.7 Å². The van der Waals surface area contributed by atoms with Crippen molar-refractivity contribution in [2.45, 2.75) is 36.3 Å². The van der Waals surface area contributed by atoms with Gasteiger partial charge in [0.2, 0.25) is 0 Å². The Morgan fingerprint density at radius 1 is 0.935 bits per heavy atom. The summed E-state index contributed by atoms with van der Waals surface area (Å²) in [5, 5.41) is 2.85. The molecule has 1 aliphatic rings. The van der Waals surface area contributed by atoms with Crippen LogP contribution in [0.2, 0.25) is 0 Å². The Morgan fingerprint density at radius 2 is 1.61 bits per heavy atom. The highest BCUT2D eigenvalue weighted by molar-refractivity contribution is 8.04. The van der Waals surface area contributed by atoms with Gasteiger partial charge in [-0.25, -0.2) is 8.42 Å². The third-order valence-electron chi connectivity index (χ3n) is 5.36. The molecule has 0 unspecified atom stereocenters. The summed E-state index contributed by atoms with van der Waals surface area (Å²) in [6, 6.07) is 18.6. The Balaban J connectivity index is 1.62. The summed E-state index contributed by atoms with van der Waals surface area (Å²) in [5.41, 5.74) is 5.36. The Labute approximate surface area is 187 Å². The number of hydrogen-bond acceptors (Lipinski definition) is 4. The fourth-order valence-electron chi connectivity index (χ4n) is 3.50. The molecule has 1 heterocycles. The van der Waals surface area contributed by atoms with Crippen LogP contribution in [0.3, 0.4) is 0 Å². The van der Waals surface area contributed by atoms with E-state index in [2.05, 4.69) is 5.32 Å². The first-order chi connectivity index (χ1) is 14.7. The van der Waals surface area contributed by atoms with E-state index in [1.807, 2.05) is 69.3 Å². The van der Waals surface area contributed by atoms with Gasteiger partial charge in [-0.15, -0.1) is 0 Å². The zero-order valence-electron chi connectivity index (χ0n) is 17.6. The van der Waals surface area contributed by atoms with Crippen LogP contribution in [0.5, 0.6) is 0 Å². The number of carbonyl (C=O) groups excluding carboxylic acids is 1. The highest BCUT2D eigenvalue weighted by Crippen LogP contribution is 2.40. The van der Waals surface area contributed by atoms with Crippen molar-refractivity contribution in [1.29, 1.82) is 0 Å². The van der Waals surface area contributed by atoms with Crippen molar-refractivity contribution in [3.05, 3.63) is 93.4 Å². The number of rotatable bonds is 4. The first kappa shape index (κ1) is 21.4. The number of aryl methyl sites for hydroxylation is 3. The summed E-state index contributed by atoms with van der Waals surface area (Å²) in [4.78, 5) is 14.2. The molecule has 0 bridgehead atoms. The monoisotopic (exact) mass is 449 g/mol. The van der Waals surface area contributed by atoms with E-state index in [1.165, 1.54) is 11.8 Å². The van der Waals surface area contributed by atoms with Crippen molar-refractivity contribution in [2.24, 2.45) is 0 Å². The molecule has 6 heteroatoms. The topological polar surface area (TPSA) is 63.2 Å². The number of thioether (sulfide) groups is 1. The number of nitrogens with one attached hydrogen (secondary N) is 1. The number of carbonyl (C=O) groups is 1. The lowest BCUT2D eigenvalue weighted by Crippen LogP contribution is -2.18. The molecule has 158 valence electrons. The quantitative estimate of drug-likeness (QED) is 0.521. The zero-order valence-corrected chi connectivity index (χ0v) is 19.2.